The molecule has 0 aromatic carbocycles. The van der Waals surface area contributed by atoms with E-state index in [4.69, 9.17) is 5.41 Å². The zero-order chi connectivity index (χ0) is 27.9. The van der Waals surface area contributed by atoms with Gasteiger partial charge in [-0.2, -0.15) is 22.6 Å². The van der Waals surface area contributed by atoms with Gasteiger partial charge in [-0.15, -0.1) is 0 Å². The first-order valence-corrected chi connectivity index (χ1v) is 13.5. The lowest BCUT2D eigenvalue weighted by molar-refractivity contribution is -0.137. The monoisotopic (exact) mass is 550 g/mol. The number of ketones is 1. The minimum atomic E-state index is -4.59. The molecule has 0 bridgehead atoms. The van der Waals surface area contributed by atoms with Gasteiger partial charge in [0.25, 0.3) is 0 Å². The average Bonchev–Trinajstić information content (AvgIpc) is 3.31. The quantitative estimate of drug-likeness (QED) is 0.337. The van der Waals surface area contributed by atoms with Gasteiger partial charge in [0, 0.05) is 37.7 Å². The summed E-state index contributed by atoms with van der Waals surface area (Å²) in [6.45, 7) is 3.45. The van der Waals surface area contributed by atoms with Crippen molar-refractivity contribution in [1.29, 1.82) is 5.41 Å². The lowest BCUT2D eigenvalue weighted by Gasteiger charge is -2.47. The van der Waals surface area contributed by atoms with Crippen LogP contribution in [0, 0.1) is 10.8 Å². The molecule has 0 saturated heterocycles. The van der Waals surface area contributed by atoms with E-state index in [9.17, 15) is 26.4 Å². The number of carbonyl (C=O) groups excluding carboxylic acids is 1. The highest BCUT2D eigenvalue weighted by Crippen LogP contribution is 2.51. The van der Waals surface area contributed by atoms with E-state index in [1.54, 1.807) is 20.0 Å². The fourth-order valence-electron chi connectivity index (χ4n) is 5.51. The van der Waals surface area contributed by atoms with Crippen molar-refractivity contribution in [3.8, 4) is 0 Å². The predicted molar refractivity (Wildman–Crippen MR) is 136 cm³/mol. The van der Waals surface area contributed by atoms with E-state index in [1.165, 1.54) is 17.6 Å². The first-order chi connectivity index (χ1) is 17.8. The molecule has 2 heterocycles. The Balaban J connectivity index is 1.80. The number of allylic oxidation sites excluding steroid dienone is 2. The van der Waals surface area contributed by atoms with Crippen LogP contribution >= 0.6 is 0 Å². The summed E-state index contributed by atoms with van der Waals surface area (Å²) >= 11 is 0. The zero-order valence-corrected chi connectivity index (χ0v) is 21.9. The predicted octanol–water partition coefficient (Wildman–Crippen LogP) is 3.94. The van der Waals surface area contributed by atoms with Crippen LogP contribution in [0.1, 0.15) is 60.4 Å². The molecule has 0 unspecified atom stereocenters. The molecule has 38 heavy (non-hydrogen) atoms. The van der Waals surface area contributed by atoms with Crippen LogP contribution in [-0.2, 0) is 22.6 Å². The highest BCUT2D eigenvalue weighted by molar-refractivity contribution is 7.93. The van der Waals surface area contributed by atoms with Crippen molar-refractivity contribution in [3.05, 3.63) is 63.7 Å². The molecule has 2 aromatic heterocycles. The number of Topliss-reactive ketones (excluding diaryl/α,β-unsaturated/α-hetero) is 1. The summed E-state index contributed by atoms with van der Waals surface area (Å²) in [6.07, 6.45) is 2.61. The van der Waals surface area contributed by atoms with Gasteiger partial charge in [0.2, 0.25) is 10.0 Å². The zero-order valence-electron chi connectivity index (χ0n) is 21.1. The molecule has 2 atom stereocenters. The number of rotatable bonds is 8. The van der Waals surface area contributed by atoms with Gasteiger partial charge in [-0.3, -0.25) is 14.9 Å². The van der Waals surface area contributed by atoms with E-state index in [0.717, 1.165) is 35.2 Å². The van der Waals surface area contributed by atoms with Crippen LogP contribution < -0.4 is 5.32 Å². The normalized spacial score (nSPS) is 22.1. The van der Waals surface area contributed by atoms with E-state index in [-0.39, 0.29) is 23.4 Å². The van der Waals surface area contributed by atoms with E-state index < -0.39 is 45.0 Å². The van der Waals surface area contributed by atoms with Crippen LogP contribution in [0.3, 0.4) is 0 Å². The molecule has 0 radical (unpaired) electrons. The van der Waals surface area contributed by atoms with Crippen LogP contribution in [0.2, 0.25) is 0 Å². The number of nitrogens with zero attached hydrogens (tertiary/aromatic N) is 3. The number of nitrogens with one attached hydrogen (secondary N) is 3. The SMILES string of the molecule is CN/C=C(\C=N)S(=O)(=O)N(C(C)C)[C@H]1CCC2=Cc3[nH]ncc3C[C@]2(C(=O)c2ccc(C(F)(F)F)cn2)C1. The summed E-state index contributed by atoms with van der Waals surface area (Å²) in [5, 5.41) is 17.3. The van der Waals surface area contributed by atoms with Crippen molar-refractivity contribution in [2.24, 2.45) is 5.41 Å². The summed E-state index contributed by atoms with van der Waals surface area (Å²) < 4.78 is 67.9. The Bertz CT molecular complexity index is 1400. The second kappa shape index (κ2) is 10.1. The number of fused-ring (bicyclic) bond motifs is 2. The molecular weight excluding hydrogens is 521 g/mol. The fraction of sp³-hybridized carbons (Fsp3) is 0.440. The topological polar surface area (TPSA) is 132 Å². The number of alkyl halides is 3. The largest absolute Gasteiger partial charge is 0.417 e. The summed E-state index contributed by atoms with van der Waals surface area (Å²) in [6, 6.07) is 0.812. The van der Waals surface area contributed by atoms with Crippen molar-refractivity contribution in [3.63, 3.8) is 0 Å². The third-order valence-electron chi connectivity index (χ3n) is 7.14. The fourth-order valence-corrected chi connectivity index (χ4v) is 7.29. The smallest absolute Gasteiger partial charge is 0.393 e. The van der Waals surface area contributed by atoms with Crippen LogP contribution in [0.4, 0.5) is 13.2 Å². The van der Waals surface area contributed by atoms with Crippen LogP contribution in [-0.4, -0.2) is 59.0 Å². The number of aromatic nitrogens is 3. The van der Waals surface area contributed by atoms with Crippen molar-refractivity contribution >= 4 is 28.1 Å². The lowest BCUT2D eigenvalue weighted by atomic mass is 9.60. The molecule has 0 aliphatic heterocycles. The van der Waals surface area contributed by atoms with Crippen molar-refractivity contribution < 1.29 is 26.4 Å². The van der Waals surface area contributed by atoms with E-state index >= 15 is 0 Å². The lowest BCUT2D eigenvalue weighted by Crippen LogP contribution is -2.53. The Labute approximate surface area is 218 Å². The maximum atomic E-state index is 14.1. The molecule has 204 valence electrons. The number of hydrogen-bond acceptors (Lipinski definition) is 7. The third kappa shape index (κ3) is 4.80. The second-order valence-corrected chi connectivity index (χ2v) is 11.6. The highest BCUT2D eigenvalue weighted by Gasteiger charge is 2.52. The first kappa shape index (κ1) is 27.7. The van der Waals surface area contributed by atoms with E-state index in [1.807, 2.05) is 6.08 Å². The minimum absolute atomic E-state index is 0.104. The number of carbonyl (C=O) groups is 1. The van der Waals surface area contributed by atoms with E-state index in [2.05, 4.69) is 20.5 Å². The number of pyridine rings is 1. The highest BCUT2D eigenvalue weighted by atomic mass is 32.2. The van der Waals surface area contributed by atoms with Gasteiger partial charge < -0.3 is 10.7 Å². The maximum absolute atomic E-state index is 14.1. The summed E-state index contributed by atoms with van der Waals surface area (Å²) in [5.41, 5.74) is -0.0333. The summed E-state index contributed by atoms with van der Waals surface area (Å²) in [4.78, 5) is 17.7. The number of halogens is 3. The van der Waals surface area contributed by atoms with Crippen molar-refractivity contribution in [2.75, 3.05) is 7.05 Å². The molecule has 1 saturated carbocycles. The Morgan fingerprint density at radius 2 is 2.05 bits per heavy atom. The third-order valence-corrected chi connectivity index (χ3v) is 9.25. The molecule has 4 rings (SSSR count). The molecule has 2 aliphatic carbocycles. The second-order valence-electron chi connectivity index (χ2n) is 9.80. The van der Waals surface area contributed by atoms with Crippen LogP contribution in [0.15, 0.2) is 41.2 Å². The van der Waals surface area contributed by atoms with Gasteiger partial charge in [0.05, 0.1) is 22.9 Å². The first-order valence-electron chi connectivity index (χ1n) is 12.1. The van der Waals surface area contributed by atoms with Crippen molar-refractivity contribution in [1.82, 2.24) is 24.8 Å². The molecule has 1 fully saturated rings. The maximum Gasteiger partial charge on any atom is 0.417 e. The van der Waals surface area contributed by atoms with Crippen LogP contribution in [0.25, 0.3) is 6.08 Å². The molecule has 2 aromatic rings. The minimum Gasteiger partial charge on any atom is -0.393 e. The number of H-pyrrole nitrogens is 1. The van der Waals surface area contributed by atoms with Crippen molar-refractivity contribution in [2.45, 2.75) is 57.8 Å². The molecule has 2 aliphatic rings. The standard InChI is InChI=1S/C25H29F3N6O3S/c1-15(2)34(38(36,37)20(11-29)14-30-3)19-6-4-17-8-22-16(12-32-33-22)9-24(17,10-19)23(35)21-7-5-18(13-31-21)25(26,27)28/h5,7-8,11-15,19,29-30H,4,6,9-10H2,1-3H3,(H,32,33)/b20-14+,29-11?/t19-,24-/m0/s1. The molecule has 0 spiro atoms. The van der Waals surface area contributed by atoms with Gasteiger partial charge in [-0.25, -0.2) is 8.42 Å². The molecular formula is C25H29F3N6O3S. The molecule has 0 amide bonds. The number of aromatic amines is 1. The Hall–Kier alpha value is -3.32. The van der Waals surface area contributed by atoms with Gasteiger partial charge >= 0.3 is 6.18 Å². The average molecular weight is 551 g/mol. The van der Waals surface area contributed by atoms with Gasteiger partial charge in [0.1, 0.15) is 10.6 Å². The number of hydrogen-bond donors (Lipinski definition) is 3. The molecule has 9 nitrogen and oxygen atoms in total. The Morgan fingerprint density at radius 1 is 1.32 bits per heavy atom. The molecule has 3 N–H and O–H groups in total. The molecule has 13 heteroatoms. The van der Waals surface area contributed by atoms with E-state index in [0.29, 0.717) is 19.0 Å². The summed E-state index contributed by atoms with van der Waals surface area (Å²) in [7, 11) is -2.57. The van der Waals surface area contributed by atoms with Gasteiger partial charge in [0.15, 0.2) is 5.78 Å². The Kier molecular flexibility index (Phi) is 7.36. The van der Waals surface area contributed by atoms with Crippen LogP contribution in [0.5, 0.6) is 0 Å². The summed E-state index contributed by atoms with van der Waals surface area (Å²) in [5.74, 6) is -0.465. The Morgan fingerprint density at radius 3 is 2.63 bits per heavy atom. The number of sulfonamides is 1. The van der Waals surface area contributed by atoms with Gasteiger partial charge in [-0.05, 0) is 63.3 Å². The van der Waals surface area contributed by atoms with Gasteiger partial charge in [-0.1, -0.05) is 5.57 Å².